The molecule has 0 aromatic carbocycles. The summed E-state index contributed by atoms with van der Waals surface area (Å²) in [5, 5.41) is 88.8. The van der Waals surface area contributed by atoms with E-state index >= 15 is 0 Å². The predicted octanol–water partition coefficient (Wildman–Crippen LogP) is -6.28. The molecule has 75 heavy (non-hydrogen) atoms. The van der Waals surface area contributed by atoms with Crippen LogP contribution in [-0.4, -0.2) is 211 Å². The maximum Gasteiger partial charge on any atom is 0.342 e. The first-order chi connectivity index (χ1) is 34.8. The summed E-state index contributed by atoms with van der Waals surface area (Å²) in [6.45, 7) is -4.23. The number of rotatable bonds is 4. The van der Waals surface area contributed by atoms with Gasteiger partial charge in [-0.3, -0.25) is 43.2 Å². The van der Waals surface area contributed by atoms with E-state index in [9.17, 15) is 113 Å². The fraction of sp³-hybridized carbons (Fsp3) is 0.615. The standard InChI is InChI=1S/C36H42O36.C3H8/c37-16-1-20(42)61-10-64-23(45)5-34(58,31(53)54)7-25(47)66-12-67-27(49)9-36(60,4-19(40)41)33(57)72-15-71-30(52)18(39)2-21(43)62-11-65-24(46)6-35(59,32(55)56)8-26(48)68-14-70-29(51)17(38)3-22(44)63-13-69-28(16)50;1-3-2/h16-18,37-39,58-60H,1-15H2,(H,40,41)(H,53,54)(H,55,56);3H2,1-2H3. The molecule has 0 bridgehead atoms. The molecular weight excluding hydrogens is 1040 g/mol. The summed E-state index contributed by atoms with van der Waals surface area (Å²) in [5.41, 5.74) is -9.97. The van der Waals surface area contributed by atoms with E-state index in [1.807, 2.05) is 0 Å². The number of aliphatic hydroxyl groups excluding tert-OH is 3. The fourth-order valence-electron chi connectivity index (χ4n) is 4.59. The lowest BCUT2D eigenvalue weighted by Crippen LogP contribution is -2.45. The molecule has 36 nitrogen and oxygen atoms in total. The molecule has 6 unspecified atom stereocenters. The Bertz CT molecular complexity index is 2100. The van der Waals surface area contributed by atoms with Crippen LogP contribution >= 0.6 is 0 Å². The van der Waals surface area contributed by atoms with Crippen molar-refractivity contribution in [3.8, 4) is 0 Å². The van der Waals surface area contributed by atoms with Crippen LogP contribution in [0.5, 0.6) is 0 Å². The van der Waals surface area contributed by atoms with Crippen LogP contribution in [0.4, 0.5) is 0 Å². The van der Waals surface area contributed by atoms with Gasteiger partial charge in [0.15, 0.2) is 35.1 Å². The third kappa shape index (κ3) is 26.9. The number of cyclic esters (lactones) is 12. The van der Waals surface area contributed by atoms with Crippen molar-refractivity contribution in [2.75, 3.05) is 40.8 Å². The number of hydrogen-bond donors (Lipinski definition) is 9. The Balaban J connectivity index is 0.0000178. The molecule has 0 radical (unpaired) electrons. The van der Waals surface area contributed by atoms with Gasteiger partial charge in [-0.15, -0.1) is 0 Å². The lowest BCUT2D eigenvalue weighted by Gasteiger charge is -2.23. The van der Waals surface area contributed by atoms with E-state index in [0.29, 0.717) is 0 Å². The fourth-order valence-corrected chi connectivity index (χ4v) is 4.59. The van der Waals surface area contributed by atoms with Crippen molar-refractivity contribution in [1.29, 1.82) is 0 Å². The first kappa shape index (κ1) is 66.8. The third-order valence-corrected chi connectivity index (χ3v) is 8.25. The smallest absolute Gasteiger partial charge is 0.342 e. The van der Waals surface area contributed by atoms with Crippen LogP contribution in [0, 0.1) is 0 Å². The van der Waals surface area contributed by atoms with Crippen molar-refractivity contribution < 1.29 is 175 Å². The molecule has 0 aromatic heterocycles. The molecule has 422 valence electrons. The Hall–Kier alpha value is -8.19. The molecule has 0 spiro atoms. The molecule has 6 atom stereocenters. The van der Waals surface area contributed by atoms with Gasteiger partial charge in [-0.05, 0) is 0 Å². The van der Waals surface area contributed by atoms with Crippen LogP contribution in [0.15, 0.2) is 0 Å². The van der Waals surface area contributed by atoms with Crippen molar-refractivity contribution >= 4 is 89.5 Å². The zero-order valence-corrected chi connectivity index (χ0v) is 39.1. The number of esters is 12. The molecule has 0 aromatic rings. The van der Waals surface area contributed by atoms with E-state index in [1.54, 1.807) is 0 Å². The third-order valence-electron chi connectivity index (χ3n) is 8.25. The Morgan fingerprint density at radius 1 is 0.400 bits per heavy atom. The van der Waals surface area contributed by atoms with Gasteiger partial charge in [0.05, 0.1) is 57.8 Å². The molecular formula is C39H50O36. The summed E-state index contributed by atoms with van der Waals surface area (Å²) in [4.78, 5) is 180. The van der Waals surface area contributed by atoms with Gasteiger partial charge >= 0.3 is 89.5 Å². The number of hydrogen-bond acceptors (Lipinski definition) is 33. The molecule has 9 N–H and O–H groups in total. The van der Waals surface area contributed by atoms with Gasteiger partial charge in [0, 0.05) is 0 Å². The minimum Gasteiger partial charge on any atom is -0.481 e. The molecule has 1 aliphatic rings. The lowest BCUT2D eigenvalue weighted by atomic mass is 9.96. The van der Waals surface area contributed by atoms with Gasteiger partial charge < -0.3 is 103 Å². The highest BCUT2D eigenvalue weighted by Crippen LogP contribution is 2.22. The van der Waals surface area contributed by atoms with E-state index in [-0.39, 0.29) is 0 Å². The van der Waals surface area contributed by atoms with Crippen LogP contribution in [-0.2, 0) is 129 Å². The zero-order chi connectivity index (χ0) is 57.7. The first-order valence-electron chi connectivity index (χ1n) is 20.6. The SMILES string of the molecule is CCC.O=C(O)CC1(O)CC(=O)OCOC(=O)CC(O)(C(=O)O)CC(=O)OCOC(=O)CC(O)C(=O)OCOC(=O)CC(O)C(=O)OCOC(=O)CC(O)(C(=O)O)CC(=O)OCOC(=O)CC(O)C(=O)OCOC1=O. The summed E-state index contributed by atoms with van der Waals surface area (Å²) < 4.78 is 52.7. The summed E-state index contributed by atoms with van der Waals surface area (Å²) in [6.07, 6.45) is -19.2. The van der Waals surface area contributed by atoms with Crippen LogP contribution in [0.2, 0.25) is 0 Å². The highest BCUT2D eigenvalue weighted by molar-refractivity contribution is 5.91. The zero-order valence-electron chi connectivity index (χ0n) is 39.1. The second-order valence-corrected chi connectivity index (χ2v) is 14.7. The van der Waals surface area contributed by atoms with Gasteiger partial charge in [0.2, 0.25) is 40.8 Å². The van der Waals surface area contributed by atoms with Gasteiger partial charge in [0.1, 0.15) is 0 Å². The van der Waals surface area contributed by atoms with Crippen molar-refractivity contribution in [2.45, 2.75) is 113 Å². The van der Waals surface area contributed by atoms with Crippen LogP contribution in [0.3, 0.4) is 0 Å². The van der Waals surface area contributed by atoms with Gasteiger partial charge in [-0.1, -0.05) is 20.3 Å². The Morgan fingerprint density at radius 2 is 0.627 bits per heavy atom. The molecule has 1 aliphatic heterocycles. The van der Waals surface area contributed by atoms with E-state index in [0.717, 1.165) is 0 Å². The van der Waals surface area contributed by atoms with Crippen molar-refractivity contribution in [3.63, 3.8) is 0 Å². The lowest BCUT2D eigenvalue weighted by molar-refractivity contribution is -0.194. The van der Waals surface area contributed by atoms with Gasteiger partial charge in [-0.2, -0.15) is 0 Å². The largest absolute Gasteiger partial charge is 0.481 e. The van der Waals surface area contributed by atoms with E-state index in [2.05, 4.69) is 70.7 Å². The average molecular weight is 1090 g/mol. The number of ether oxygens (including phenoxy) is 12. The molecule has 0 amide bonds. The van der Waals surface area contributed by atoms with Gasteiger partial charge in [0.25, 0.3) is 0 Å². The highest BCUT2D eigenvalue weighted by atomic mass is 16.7. The normalized spacial score (nSPS) is 26.6. The maximum atomic E-state index is 12.5. The van der Waals surface area contributed by atoms with E-state index in [1.165, 1.54) is 6.42 Å². The van der Waals surface area contributed by atoms with Crippen LogP contribution in [0.1, 0.15) is 78.1 Å². The quantitative estimate of drug-likeness (QED) is 0.0934. The van der Waals surface area contributed by atoms with E-state index < -0.39 is 223 Å². The predicted molar refractivity (Wildman–Crippen MR) is 216 cm³/mol. The van der Waals surface area contributed by atoms with Crippen molar-refractivity contribution in [3.05, 3.63) is 0 Å². The molecule has 1 saturated heterocycles. The summed E-state index contributed by atoms with van der Waals surface area (Å²) >= 11 is 0. The monoisotopic (exact) mass is 1090 g/mol. The minimum atomic E-state index is -3.34. The molecule has 0 aliphatic carbocycles. The first-order valence-corrected chi connectivity index (χ1v) is 20.6. The van der Waals surface area contributed by atoms with Crippen LogP contribution < -0.4 is 0 Å². The second kappa shape index (κ2) is 32.8. The molecule has 36 heteroatoms. The summed E-state index contributed by atoms with van der Waals surface area (Å²) in [5.74, 6) is -26.5. The van der Waals surface area contributed by atoms with Gasteiger partial charge in [-0.25, -0.2) is 28.8 Å². The number of carboxylic acids is 3. The Kier molecular flexibility index (Phi) is 29.2. The summed E-state index contributed by atoms with van der Waals surface area (Å²) in [6, 6.07) is 0. The highest BCUT2D eigenvalue weighted by Gasteiger charge is 2.45. The van der Waals surface area contributed by atoms with Crippen molar-refractivity contribution in [1.82, 2.24) is 0 Å². The average Bonchev–Trinajstić information content (AvgIpc) is 3.27. The number of carbonyl (C=O) groups excluding carboxylic acids is 12. The maximum absolute atomic E-state index is 12.5. The topological polar surface area (TPSA) is 549 Å². The van der Waals surface area contributed by atoms with E-state index in [4.69, 9.17) is 5.11 Å². The Morgan fingerprint density at radius 3 is 0.880 bits per heavy atom. The molecule has 0 saturated carbocycles. The number of carboxylic acid groups (broad SMARTS) is 3. The van der Waals surface area contributed by atoms with Crippen molar-refractivity contribution in [2.24, 2.45) is 0 Å². The molecule has 1 heterocycles. The second-order valence-electron chi connectivity index (χ2n) is 14.7. The minimum absolute atomic E-state index is 1.23. The number of carbonyl (C=O) groups is 15. The number of aliphatic carboxylic acids is 3. The number of aliphatic hydroxyl groups is 6. The Labute approximate surface area is 418 Å². The van der Waals surface area contributed by atoms with Crippen LogP contribution in [0.25, 0.3) is 0 Å². The molecule has 1 rings (SSSR count). The summed E-state index contributed by atoms with van der Waals surface area (Å²) in [7, 11) is 0. The molecule has 1 fully saturated rings.